The molecule has 1 saturated heterocycles. The Labute approximate surface area is 192 Å². The van der Waals surface area contributed by atoms with Crippen molar-refractivity contribution in [3.63, 3.8) is 0 Å². The molecule has 0 radical (unpaired) electrons. The van der Waals surface area contributed by atoms with Crippen molar-refractivity contribution < 1.29 is 29.0 Å². The largest absolute Gasteiger partial charge is 0.479 e. The number of fused-ring (bicyclic) bond motifs is 3. The molecule has 2 N–H and O–H groups in total. The van der Waals surface area contributed by atoms with Gasteiger partial charge in [-0.3, -0.25) is 0 Å². The molecule has 1 fully saturated rings. The summed E-state index contributed by atoms with van der Waals surface area (Å²) in [7, 11) is 0. The van der Waals surface area contributed by atoms with Gasteiger partial charge in [0.15, 0.2) is 5.54 Å². The normalized spacial score (nSPS) is 19.5. The quantitative estimate of drug-likeness (QED) is 0.727. The Morgan fingerprint density at radius 1 is 1.06 bits per heavy atom. The van der Waals surface area contributed by atoms with Gasteiger partial charge in [0.05, 0.1) is 6.54 Å². The number of aliphatic carboxylic acids is 1. The number of hydrogen-bond donors (Lipinski definition) is 2. The van der Waals surface area contributed by atoms with Crippen LogP contribution in [0.5, 0.6) is 0 Å². The Kier molecular flexibility index (Phi) is 5.78. The fourth-order valence-electron chi connectivity index (χ4n) is 4.48. The summed E-state index contributed by atoms with van der Waals surface area (Å²) in [6.07, 6.45) is -1.38. The van der Waals surface area contributed by atoms with Crippen LogP contribution >= 0.6 is 0 Å². The second-order valence-electron chi connectivity index (χ2n) is 9.49. The average molecular weight is 453 g/mol. The Hall–Kier alpha value is -3.55. The zero-order valence-electron chi connectivity index (χ0n) is 19.0. The van der Waals surface area contributed by atoms with Gasteiger partial charge in [0.2, 0.25) is 0 Å². The lowest BCUT2D eigenvalue weighted by atomic mass is 9.98. The van der Waals surface area contributed by atoms with Gasteiger partial charge in [0.1, 0.15) is 12.2 Å². The number of carbonyl (C=O) groups is 3. The minimum atomic E-state index is -1.62. The highest BCUT2D eigenvalue weighted by Gasteiger charge is 2.49. The first-order chi connectivity index (χ1) is 15.6. The number of rotatable bonds is 4. The zero-order chi connectivity index (χ0) is 23.8. The molecule has 0 saturated carbocycles. The maximum atomic E-state index is 12.8. The van der Waals surface area contributed by atoms with E-state index in [2.05, 4.69) is 17.4 Å². The van der Waals surface area contributed by atoms with E-state index in [-0.39, 0.29) is 32.0 Å². The molecule has 1 aliphatic carbocycles. The number of nitrogens with zero attached hydrogens (tertiary/aromatic N) is 1. The third-order valence-electron chi connectivity index (χ3n) is 6.01. The number of carboxylic acid groups (broad SMARTS) is 1. The number of nitrogens with one attached hydrogen (secondary N) is 1. The van der Waals surface area contributed by atoms with E-state index >= 15 is 0 Å². The van der Waals surface area contributed by atoms with Crippen LogP contribution in [-0.2, 0) is 14.3 Å². The van der Waals surface area contributed by atoms with Gasteiger partial charge in [-0.1, -0.05) is 48.5 Å². The SMILES string of the molecule is CC(C)(C)OC(=O)NC1(C(=O)O)CCN(C(=O)OCC2c3ccccc3-c3ccccc32)C1. The second kappa shape index (κ2) is 8.42. The molecule has 1 heterocycles. The van der Waals surface area contributed by atoms with Crippen LogP contribution in [0.15, 0.2) is 48.5 Å². The highest BCUT2D eigenvalue weighted by atomic mass is 16.6. The molecule has 2 amide bonds. The summed E-state index contributed by atoms with van der Waals surface area (Å²) in [4.78, 5) is 38.3. The van der Waals surface area contributed by atoms with Crippen molar-refractivity contribution in [2.45, 2.75) is 44.2 Å². The van der Waals surface area contributed by atoms with Crippen LogP contribution in [-0.4, -0.2) is 59.0 Å². The number of hydrogen-bond acceptors (Lipinski definition) is 5. The van der Waals surface area contributed by atoms with E-state index in [0.29, 0.717) is 0 Å². The molecule has 1 atom stereocenters. The molecule has 1 aliphatic heterocycles. The summed E-state index contributed by atoms with van der Waals surface area (Å²) in [6, 6.07) is 16.1. The van der Waals surface area contributed by atoms with Gasteiger partial charge in [-0.15, -0.1) is 0 Å². The predicted octanol–water partition coefficient (Wildman–Crippen LogP) is 3.99. The van der Waals surface area contributed by atoms with Crippen molar-refractivity contribution in [3.05, 3.63) is 59.7 Å². The summed E-state index contributed by atoms with van der Waals surface area (Å²) < 4.78 is 10.8. The molecule has 174 valence electrons. The van der Waals surface area contributed by atoms with Crippen LogP contribution < -0.4 is 5.32 Å². The van der Waals surface area contributed by atoms with Crippen molar-refractivity contribution >= 4 is 18.2 Å². The molecule has 0 bridgehead atoms. The number of ether oxygens (including phenoxy) is 2. The van der Waals surface area contributed by atoms with Gasteiger partial charge in [0, 0.05) is 18.9 Å². The number of carbonyl (C=O) groups excluding carboxylic acids is 2. The van der Waals surface area contributed by atoms with Crippen LogP contribution in [0.25, 0.3) is 11.1 Å². The molecule has 0 aromatic heterocycles. The maximum absolute atomic E-state index is 12.8. The van der Waals surface area contributed by atoms with E-state index in [1.807, 2.05) is 36.4 Å². The van der Waals surface area contributed by atoms with Crippen LogP contribution in [0.3, 0.4) is 0 Å². The van der Waals surface area contributed by atoms with Crippen LogP contribution in [0, 0.1) is 0 Å². The number of likely N-dealkylation sites (tertiary alicyclic amines) is 1. The van der Waals surface area contributed by atoms with Gasteiger partial charge < -0.3 is 24.8 Å². The fourth-order valence-corrected chi connectivity index (χ4v) is 4.48. The number of benzene rings is 2. The lowest BCUT2D eigenvalue weighted by molar-refractivity contribution is -0.144. The summed E-state index contributed by atoms with van der Waals surface area (Å²) in [5, 5.41) is 12.2. The highest BCUT2D eigenvalue weighted by molar-refractivity contribution is 5.86. The minimum absolute atomic E-state index is 0.0613. The molecule has 0 spiro atoms. The Bertz CT molecular complexity index is 1050. The van der Waals surface area contributed by atoms with Gasteiger partial charge in [-0.05, 0) is 43.0 Å². The molecule has 4 rings (SSSR count). The molecule has 2 aliphatic rings. The first-order valence-electron chi connectivity index (χ1n) is 10.9. The molecular weight excluding hydrogens is 424 g/mol. The van der Waals surface area contributed by atoms with Crippen molar-refractivity contribution in [2.75, 3.05) is 19.7 Å². The standard InChI is InChI=1S/C25H28N2O6/c1-24(2,3)33-22(30)26-25(21(28)29)12-13-27(15-25)23(31)32-14-20-18-10-6-4-8-16(18)17-9-5-7-11-19(17)20/h4-11,20H,12-15H2,1-3H3,(H,26,30)(H,28,29). The fraction of sp³-hybridized carbons (Fsp3) is 0.400. The topological polar surface area (TPSA) is 105 Å². The Morgan fingerprint density at radius 2 is 1.64 bits per heavy atom. The summed E-state index contributed by atoms with van der Waals surface area (Å²) in [6.45, 7) is 5.17. The Balaban J connectivity index is 1.43. The number of amides is 2. The van der Waals surface area contributed by atoms with Crippen molar-refractivity contribution in [1.29, 1.82) is 0 Å². The number of carboxylic acids is 1. The van der Waals surface area contributed by atoms with Gasteiger partial charge in [0.25, 0.3) is 0 Å². The molecule has 8 nitrogen and oxygen atoms in total. The van der Waals surface area contributed by atoms with Crippen molar-refractivity contribution in [3.8, 4) is 11.1 Å². The summed E-state index contributed by atoms with van der Waals surface area (Å²) in [5.74, 6) is -1.31. The van der Waals surface area contributed by atoms with E-state index in [9.17, 15) is 19.5 Å². The van der Waals surface area contributed by atoms with Crippen LogP contribution in [0.4, 0.5) is 9.59 Å². The highest BCUT2D eigenvalue weighted by Crippen LogP contribution is 2.44. The number of alkyl carbamates (subject to hydrolysis) is 1. The zero-order valence-corrected chi connectivity index (χ0v) is 19.0. The summed E-state index contributed by atoms with van der Waals surface area (Å²) >= 11 is 0. The average Bonchev–Trinajstić information content (AvgIpc) is 3.31. The van der Waals surface area contributed by atoms with Crippen molar-refractivity contribution in [1.82, 2.24) is 10.2 Å². The molecule has 8 heteroatoms. The third kappa shape index (κ3) is 4.51. The van der Waals surface area contributed by atoms with E-state index in [1.54, 1.807) is 20.8 Å². The molecule has 2 aromatic carbocycles. The monoisotopic (exact) mass is 452 g/mol. The minimum Gasteiger partial charge on any atom is -0.479 e. The molecule has 2 aromatic rings. The first kappa shape index (κ1) is 22.6. The molecular formula is C25H28N2O6. The van der Waals surface area contributed by atoms with Crippen LogP contribution in [0.2, 0.25) is 0 Å². The Morgan fingerprint density at radius 3 is 2.18 bits per heavy atom. The molecule has 33 heavy (non-hydrogen) atoms. The molecule has 1 unspecified atom stereocenters. The third-order valence-corrected chi connectivity index (χ3v) is 6.01. The lowest BCUT2D eigenvalue weighted by Gasteiger charge is -2.28. The van der Waals surface area contributed by atoms with Crippen LogP contribution in [0.1, 0.15) is 44.2 Å². The second-order valence-corrected chi connectivity index (χ2v) is 9.49. The van der Waals surface area contributed by atoms with E-state index in [4.69, 9.17) is 9.47 Å². The smallest absolute Gasteiger partial charge is 0.409 e. The predicted molar refractivity (Wildman–Crippen MR) is 121 cm³/mol. The van der Waals surface area contributed by atoms with Gasteiger partial charge in [-0.25, -0.2) is 14.4 Å². The van der Waals surface area contributed by atoms with Gasteiger partial charge in [-0.2, -0.15) is 0 Å². The first-order valence-corrected chi connectivity index (χ1v) is 10.9. The maximum Gasteiger partial charge on any atom is 0.409 e. The van der Waals surface area contributed by atoms with Gasteiger partial charge >= 0.3 is 18.2 Å². The summed E-state index contributed by atoms with van der Waals surface area (Å²) in [5.41, 5.74) is 2.06. The van der Waals surface area contributed by atoms with E-state index < -0.39 is 29.3 Å². The van der Waals surface area contributed by atoms with E-state index in [0.717, 1.165) is 22.3 Å². The van der Waals surface area contributed by atoms with E-state index in [1.165, 1.54) is 4.90 Å². The lowest BCUT2D eigenvalue weighted by Crippen LogP contribution is -2.57. The van der Waals surface area contributed by atoms with Crippen molar-refractivity contribution in [2.24, 2.45) is 0 Å².